The molecule has 3 aromatic carbocycles. The lowest BCUT2D eigenvalue weighted by molar-refractivity contribution is -0.146. The van der Waals surface area contributed by atoms with Crippen LogP contribution < -0.4 is 85.5 Å². The predicted molar refractivity (Wildman–Crippen MR) is 532 cm³/mol. The number of aromatic carboxylic acids is 1. The van der Waals surface area contributed by atoms with Gasteiger partial charge in [0.25, 0.3) is 0 Å². The maximum absolute atomic E-state index is 15.6. The Morgan fingerprint density at radius 2 is 1.18 bits per heavy atom. The van der Waals surface area contributed by atoms with Crippen LogP contribution in [0.25, 0.3) is 10.1 Å². The molecule has 2 aromatic heterocycles. The van der Waals surface area contributed by atoms with Crippen molar-refractivity contribution in [3.63, 3.8) is 0 Å². The number of thiophene rings is 2. The third-order valence-corrected chi connectivity index (χ3v) is 27.0. The molecule has 3 bridgehead atoms. The first-order valence-corrected chi connectivity index (χ1v) is 50.4. The van der Waals surface area contributed by atoms with Gasteiger partial charge in [0.15, 0.2) is 0 Å². The van der Waals surface area contributed by atoms with Gasteiger partial charge >= 0.3 is 30.0 Å². The van der Waals surface area contributed by atoms with Gasteiger partial charge in [-0.15, -0.1) is 11.3 Å². The molecule has 1 spiro atoms. The number of carbonyl (C=O) groups is 19. The van der Waals surface area contributed by atoms with Crippen molar-refractivity contribution in [3.05, 3.63) is 153 Å². The van der Waals surface area contributed by atoms with Gasteiger partial charge in [-0.2, -0.15) is 11.3 Å². The number of aliphatic hydroxyl groups excluding tert-OH is 1. The number of hydrogen-bond acceptors (Lipinski definition) is 24. The van der Waals surface area contributed by atoms with E-state index in [1.165, 1.54) is 85.3 Å². The second-order valence-electron chi connectivity index (χ2n) is 38.6. The Morgan fingerprint density at radius 3 is 1.85 bits per heavy atom. The molecule has 3 saturated heterocycles. The van der Waals surface area contributed by atoms with Crippen LogP contribution in [0.2, 0.25) is 0 Å². The molecule has 144 heavy (non-hydrogen) atoms. The maximum atomic E-state index is 15.6. The van der Waals surface area contributed by atoms with Gasteiger partial charge in [0.2, 0.25) is 82.7 Å². The molecule has 4 aliphatic heterocycles. The van der Waals surface area contributed by atoms with Crippen molar-refractivity contribution in [2.75, 3.05) is 32.8 Å². The molecule has 4 aliphatic rings. The zero-order valence-electron chi connectivity index (χ0n) is 82.2. The summed E-state index contributed by atoms with van der Waals surface area (Å²) < 4.78 is 6.79. The molecule has 21 N–H and O–H groups in total. The molecule has 0 aliphatic carbocycles. The van der Waals surface area contributed by atoms with Gasteiger partial charge < -0.3 is 115 Å². The zero-order valence-corrected chi connectivity index (χ0v) is 83.9. The largest absolute Gasteiger partial charge is 0.481 e. The Labute approximate surface area is 842 Å². The summed E-state index contributed by atoms with van der Waals surface area (Å²) in [6.07, 6.45) is 6.85. The Balaban J connectivity index is 1.04. The number of nitrogens with zero attached hydrogens (tertiary/aromatic N) is 2. The Hall–Kier alpha value is -13.7. The molecule has 782 valence electrons. The number of cyclic esters (lactones) is 1. The minimum absolute atomic E-state index is 0.0131. The van der Waals surface area contributed by atoms with E-state index in [1.54, 1.807) is 68.6 Å². The number of aliphatic carboxylic acids is 2. The average Bonchev–Trinajstić information content (AvgIpc) is 1.61. The zero-order chi connectivity index (χ0) is 105. The number of likely N-dealkylation sites (tertiary alicyclic amines) is 1. The van der Waals surface area contributed by atoms with Crippen LogP contribution in [0.4, 0.5) is 9.59 Å². The molecule has 3 fully saturated rings. The smallest absolute Gasteiger partial charge is 0.409 e. The van der Waals surface area contributed by atoms with E-state index in [0.29, 0.717) is 42.4 Å². The second kappa shape index (κ2) is 54.6. The Kier molecular flexibility index (Phi) is 43.2. The van der Waals surface area contributed by atoms with Crippen molar-refractivity contribution in [3.8, 4) is 0 Å². The fourth-order valence-electron chi connectivity index (χ4n) is 17.4. The van der Waals surface area contributed by atoms with E-state index in [2.05, 4.69) is 79.8 Å². The van der Waals surface area contributed by atoms with Crippen molar-refractivity contribution in [2.24, 2.45) is 11.1 Å². The summed E-state index contributed by atoms with van der Waals surface area (Å²) in [6, 6.07) is 1.75. The second-order valence-corrected chi connectivity index (χ2v) is 40.3. The van der Waals surface area contributed by atoms with Crippen LogP contribution in [0.5, 0.6) is 0 Å². The number of aliphatic hydroxyl groups is 1. The van der Waals surface area contributed by atoms with Crippen LogP contribution in [-0.2, 0) is 107 Å². The summed E-state index contributed by atoms with van der Waals surface area (Å²) in [5.41, 5.74) is 2.76. The Bertz CT molecular complexity index is 5440. The predicted octanol–water partition coefficient (Wildman–Crippen LogP) is 3.45. The third kappa shape index (κ3) is 35.4. The number of carboxylic acid groups (broad SMARTS) is 3. The Morgan fingerprint density at radius 1 is 0.576 bits per heavy atom. The lowest BCUT2D eigenvalue weighted by atomic mass is 9.87. The maximum Gasteiger partial charge on any atom is 0.409 e. The van der Waals surface area contributed by atoms with Gasteiger partial charge in [0.1, 0.15) is 71.7 Å². The van der Waals surface area contributed by atoms with E-state index < -0.39 is 233 Å². The fraction of sp³-hybridized carbons (Fsp3) is 0.530. The van der Waals surface area contributed by atoms with E-state index in [-0.39, 0.29) is 115 Å². The van der Waals surface area contributed by atoms with E-state index in [1.807, 2.05) is 53.3 Å². The highest BCUT2D eigenvalue weighted by Crippen LogP contribution is 2.35. The minimum Gasteiger partial charge on any atom is -0.481 e. The molecule has 0 saturated carbocycles. The number of carbonyl (C=O) groups excluding carboxylic acids is 16. The van der Waals surface area contributed by atoms with Gasteiger partial charge in [-0.3, -0.25) is 82.0 Å². The average molecular weight is 2040 g/mol. The number of allylic oxidation sites excluding steroid dienone is 3. The molecular weight excluding hydrogens is 1900 g/mol. The number of ether oxygens (including phenoxy) is 1. The van der Waals surface area contributed by atoms with Crippen molar-refractivity contribution in [1.82, 2.24) is 89.6 Å². The van der Waals surface area contributed by atoms with Crippen molar-refractivity contribution in [1.29, 1.82) is 0 Å². The monoisotopic (exact) mass is 2040 g/mol. The molecule has 42 nitrogen and oxygen atoms in total. The third-order valence-electron chi connectivity index (χ3n) is 25.3. The number of amides is 17. The molecule has 9 rings (SSSR count). The number of nitrogens with one attached hydrogen (secondary N) is 15. The molecule has 17 amide bonds. The molecule has 2 unspecified atom stereocenters. The fourth-order valence-corrected chi connectivity index (χ4v) is 19.1. The summed E-state index contributed by atoms with van der Waals surface area (Å²) >= 11 is 2.74. The van der Waals surface area contributed by atoms with Crippen LogP contribution in [-0.4, -0.2) is 272 Å². The van der Waals surface area contributed by atoms with Crippen LogP contribution in [0.1, 0.15) is 210 Å². The first kappa shape index (κ1) is 114. The SMILES string of the molecule is CC(=O)N1CCC[C@]12CC=CCCCCCCC=CCCCOC(=O)N1CC3N[C@@H](Cc4ccsc4)C(=O)N[C@@H](Cc4csc5ccccc45)C(=O)N[C@H](C(=O)N[C@@H](C)C(N)=O)CCC(=O)NCCCC[C@H](NC(=O)[C@H](Cc4ccccc4)NC(=O)[C@H](C)NC(=O)C(C)(C)NC(=O)[C@H](Cc4cccc(C(=O)O)c4)NC(=O)[C@H](CC(=O)O)NC(=O)NC(O)[C@H](CC(C)(C)C)NC(=O)[C@H](CC(=O)O)NC2=O)C(=O)N[C@@H]3C1. The molecular formula is C100H136N18O24S2. The highest BCUT2D eigenvalue weighted by molar-refractivity contribution is 7.17. The minimum atomic E-state index is -2.13. The van der Waals surface area contributed by atoms with Crippen molar-refractivity contribution >= 4 is 145 Å². The number of carboxylic acids is 3. The van der Waals surface area contributed by atoms with Gasteiger partial charge in [-0.1, -0.05) is 119 Å². The number of hydrogen-bond donors (Lipinski definition) is 20. The highest BCUT2D eigenvalue weighted by Gasteiger charge is 2.50. The highest BCUT2D eigenvalue weighted by atomic mass is 32.1. The van der Waals surface area contributed by atoms with E-state index in [9.17, 15) is 92.3 Å². The molecule has 15 atom stereocenters. The number of urea groups is 1. The van der Waals surface area contributed by atoms with Gasteiger partial charge in [-0.25, -0.2) is 14.4 Å². The normalized spacial score (nSPS) is 25.7. The number of benzene rings is 3. The summed E-state index contributed by atoms with van der Waals surface area (Å²) in [6.45, 7) is 11.0. The van der Waals surface area contributed by atoms with Gasteiger partial charge in [-0.05, 0) is 197 Å². The van der Waals surface area contributed by atoms with Crippen LogP contribution in [0, 0.1) is 5.41 Å². The van der Waals surface area contributed by atoms with Crippen LogP contribution in [0.15, 0.2) is 125 Å². The molecule has 5 aromatic rings. The van der Waals surface area contributed by atoms with Crippen LogP contribution in [0.3, 0.4) is 0 Å². The first-order valence-electron chi connectivity index (χ1n) is 48.6. The summed E-state index contributed by atoms with van der Waals surface area (Å²) in [5.74, 6) is -17.3. The van der Waals surface area contributed by atoms with Crippen LogP contribution >= 0.6 is 22.7 Å². The molecule has 6 heterocycles. The summed E-state index contributed by atoms with van der Waals surface area (Å²) in [4.78, 5) is 272. The molecule has 44 heteroatoms. The number of primary amides is 1. The van der Waals surface area contributed by atoms with E-state index >= 15 is 19.2 Å². The number of nitrogens with two attached hydrogens (primary N) is 1. The quantitative estimate of drug-likeness (QED) is 0.0593. The van der Waals surface area contributed by atoms with Crippen molar-refractivity contribution in [2.45, 2.75) is 299 Å². The van der Waals surface area contributed by atoms with E-state index in [4.69, 9.17) is 10.5 Å². The van der Waals surface area contributed by atoms with E-state index in [0.717, 1.165) is 48.3 Å². The lowest BCUT2D eigenvalue weighted by Crippen LogP contribution is -2.64. The molecule has 0 radical (unpaired) electrons. The first-order chi connectivity index (χ1) is 68.3. The standard InChI is InChI=1S/C100H136N18O24S2/c1-58(82(101)125)103-84(127)68-37-38-79(120)102-42-26-24-35-67-85(128)112-77-55-117(54-76(77)105-69(49-63-39-45-143-56-63)86(129)110-72(88(131)107-68)50-65-57-144-78-36-23-22-34-66(65)78)97(141)142-44-27-18-16-14-12-10-9-11-13-15-17-25-40-100(41-29-43-118(100)60(3)119)95(139)113-73(51-80(121)122)89(132)111-75(53-98(4,5)6)91(134)115-96(140)114-74(52-81(123)124)90(133)109-71(48-62-32-28-33-64(46-62)93(136)137)92(135)116-99(7,8)94(138)104-59(2)83(126)108-70(87(130)106-67)47-61-30-20-19-21-31-61/h14,16-17,19-23,25,28,30-34,36,39,45-46,56-59,67-77,91,105,134H,9-13,15,18,24,26-27,29,35,37-38,40-44,47-55H2,1-8H3,(H2,101,125)(H,102,120)(H,103,127)(H,104,138)(H,106,130)(H,107,131)(H,108,126)(H,109,133)(H,110,129)(H,111,132)(H,112,128)(H,113,139)(H,116,135)(H,121,122)(H,123,124)(H,136,137)(H2,114,115,140)/t58-,59-,67-,68-,69-,70-,71-,72-,73-,74-,75-,76?,77+,91?,100-/m0/s1. The lowest BCUT2D eigenvalue weighted by Gasteiger charge is -2.37. The summed E-state index contributed by atoms with van der Waals surface area (Å²) in [7, 11) is 0. The summed E-state index contributed by atoms with van der Waals surface area (Å²) in [5, 5.41) is 88.4. The van der Waals surface area contributed by atoms with Gasteiger partial charge in [0.05, 0.1) is 43.1 Å². The topological polar surface area (TPSA) is 627 Å². The number of fused-ring (bicyclic) bond motifs is 4. The van der Waals surface area contributed by atoms with Gasteiger partial charge in [0, 0.05) is 69.5 Å². The van der Waals surface area contributed by atoms with Crippen molar-refractivity contribution < 1.29 is 116 Å². The number of rotatable bonds is 17.